The van der Waals surface area contributed by atoms with E-state index in [-0.39, 0.29) is 17.1 Å². The molecule has 0 fully saturated rings. The van der Waals surface area contributed by atoms with Crippen molar-refractivity contribution in [3.05, 3.63) is 63.9 Å². The third kappa shape index (κ3) is 5.06. The second-order valence-corrected chi connectivity index (χ2v) is 5.84. The van der Waals surface area contributed by atoms with Crippen molar-refractivity contribution in [3.8, 4) is 0 Å². The molecule has 0 unspecified atom stereocenters. The molecule has 126 valence electrons. The number of rotatable bonds is 5. The van der Waals surface area contributed by atoms with Crippen molar-refractivity contribution in [3.63, 3.8) is 0 Å². The zero-order valence-electron chi connectivity index (χ0n) is 13.4. The lowest BCUT2D eigenvalue weighted by Crippen LogP contribution is -2.21. The number of halogens is 2. The van der Waals surface area contributed by atoms with E-state index in [1.807, 2.05) is 32.0 Å². The van der Waals surface area contributed by atoms with Gasteiger partial charge < -0.3 is 10.1 Å². The summed E-state index contributed by atoms with van der Waals surface area (Å²) in [4.78, 5) is 23.6. The number of benzene rings is 2. The summed E-state index contributed by atoms with van der Waals surface area (Å²) in [5.41, 5.74) is 3.31. The molecule has 0 spiro atoms. The van der Waals surface area contributed by atoms with Crippen LogP contribution in [-0.2, 0) is 20.7 Å². The van der Waals surface area contributed by atoms with Gasteiger partial charge in [-0.05, 0) is 48.7 Å². The molecule has 0 atom stereocenters. The van der Waals surface area contributed by atoms with E-state index in [2.05, 4.69) is 5.32 Å². The van der Waals surface area contributed by atoms with Crippen molar-refractivity contribution >= 4 is 29.2 Å². The van der Waals surface area contributed by atoms with E-state index in [9.17, 15) is 14.0 Å². The van der Waals surface area contributed by atoms with Crippen molar-refractivity contribution < 1.29 is 18.7 Å². The summed E-state index contributed by atoms with van der Waals surface area (Å²) in [6.45, 7) is 3.52. The Morgan fingerprint density at radius 3 is 2.54 bits per heavy atom. The fraction of sp³-hybridized carbons (Fsp3) is 0.222. The average molecular weight is 350 g/mol. The molecule has 6 heteroatoms. The van der Waals surface area contributed by atoms with Crippen LogP contribution in [0.4, 0.5) is 10.1 Å². The van der Waals surface area contributed by atoms with Crippen LogP contribution in [0.1, 0.15) is 16.7 Å². The maximum Gasteiger partial charge on any atom is 0.310 e. The molecule has 1 amide bonds. The predicted molar refractivity (Wildman–Crippen MR) is 90.6 cm³/mol. The van der Waals surface area contributed by atoms with Gasteiger partial charge in [-0.15, -0.1) is 0 Å². The lowest BCUT2D eigenvalue weighted by molar-refractivity contribution is -0.146. The molecule has 0 heterocycles. The summed E-state index contributed by atoms with van der Waals surface area (Å²) >= 11 is 5.81. The molecule has 0 bridgehead atoms. The molecule has 0 saturated heterocycles. The van der Waals surface area contributed by atoms with Crippen molar-refractivity contribution in [1.82, 2.24) is 0 Å². The Morgan fingerprint density at radius 1 is 1.12 bits per heavy atom. The van der Waals surface area contributed by atoms with Crippen LogP contribution in [0.3, 0.4) is 0 Å². The lowest BCUT2D eigenvalue weighted by atomic mass is 10.0. The first-order valence-corrected chi connectivity index (χ1v) is 7.69. The molecule has 0 aliphatic rings. The summed E-state index contributed by atoms with van der Waals surface area (Å²) in [5.74, 6) is -1.55. The maximum atomic E-state index is 12.9. The molecule has 2 aromatic carbocycles. The molecular formula is C18H17ClFNO3. The topological polar surface area (TPSA) is 55.4 Å². The van der Waals surface area contributed by atoms with Gasteiger partial charge >= 0.3 is 5.97 Å². The van der Waals surface area contributed by atoms with E-state index in [0.717, 1.165) is 22.8 Å². The van der Waals surface area contributed by atoms with Crippen LogP contribution < -0.4 is 5.32 Å². The normalized spacial score (nSPS) is 10.3. The van der Waals surface area contributed by atoms with Gasteiger partial charge in [-0.25, -0.2) is 4.39 Å². The number of nitrogens with one attached hydrogen (secondary N) is 1. The Bertz CT molecular complexity index is 777. The maximum absolute atomic E-state index is 12.9. The summed E-state index contributed by atoms with van der Waals surface area (Å²) in [6, 6.07) is 9.29. The summed E-state index contributed by atoms with van der Waals surface area (Å²) < 4.78 is 17.9. The number of anilines is 1. The first-order chi connectivity index (χ1) is 11.3. The summed E-state index contributed by atoms with van der Waals surface area (Å²) in [7, 11) is 0. The number of hydrogen-bond acceptors (Lipinski definition) is 3. The molecule has 2 aromatic rings. The van der Waals surface area contributed by atoms with Gasteiger partial charge in [-0.2, -0.15) is 0 Å². The van der Waals surface area contributed by atoms with Crippen LogP contribution in [0.15, 0.2) is 36.4 Å². The first kappa shape index (κ1) is 17.9. The Hall–Kier alpha value is -2.40. The third-order valence-corrected chi connectivity index (χ3v) is 3.80. The van der Waals surface area contributed by atoms with Crippen LogP contribution in [0.25, 0.3) is 0 Å². The highest BCUT2D eigenvalue weighted by atomic mass is 35.5. The van der Waals surface area contributed by atoms with E-state index in [4.69, 9.17) is 16.3 Å². The quantitative estimate of drug-likeness (QED) is 0.835. The molecule has 24 heavy (non-hydrogen) atoms. The summed E-state index contributed by atoms with van der Waals surface area (Å²) in [6.07, 6.45) is 0.0890. The van der Waals surface area contributed by atoms with Crippen LogP contribution in [-0.4, -0.2) is 18.5 Å². The zero-order valence-corrected chi connectivity index (χ0v) is 14.1. The number of carbonyl (C=O) groups excluding carboxylic acids is 2. The standard InChI is InChI=1S/C18H17ClFNO3/c1-11-3-4-13(7-12(11)2)8-18(23)24-10-17(22)21-16-6-5-14(20)9-15(16)19/h3-7,9H,8,10H2,1-2H3,(H,21,22). The fourth-order valence-electron chi connectivity index (χ4n) is 2.05. The van der Waals surface area contributed by atoms with Crippen LogP contribution >= 0.6 is 11.6 Å². The Labute approximate surface area is 144 Å². The second kappa shape index (κ2) is 7.93. The lowest BCUT2D eigenvalue weighted by Gasteiger charge is -2.09. The van der Waals surface area contributed by atoms with Crippen molar-refractivity contribution in [2.45, 2.75) is 20.3 Å². The second-order valence-electron chi connectivity index (χ2n) is 5.43. The number of esters is 1. The van der Waals surface area contributed by atoms with Gasteiger partial charge in [0.2, 0.25) is 0 Å². The number of amides is 1. The Balaban J connectivity index is 1.84. The molecule has 4 nitrogen and oxygen atoms in total. The largest absolute Gasteiger partial charge is 0.455 e. The van der Waals surface area contributed by atoms with E-state index in [0.29, 0.717) is 0 Å². The Morgan fingerprint density at radius 2 is 1.88 bits per heavy atom. The minimum absolute atomic E-state index is 0.0739. The van der Waals surface area contributed by atoms with Crippen LogP contribution in [0.5, 0.6) is 0 Å². The van der Waals surface area contributed by atoms with E-state index < -0.39 is 24.3 Å². The van der Waals surface area contributed by atoms with E-state index in [1.54, 1.807) is 0 Å². The minimum atomic E-state index is -0.544. The third-order valence-electron chi connectivity index (χ3n) is 3.49. The van der Waals surface area contributed by atoms with Gasteiger partial charge in [0.05, 0.1) is 17.1 Å². The number of carbonyl (C=O) groups is 2. The van der Waals surface area contributed by atoms with Crippen molar-refractivity contribution in [2.75, 3.05) is 11.9 Å². The van der Waals surface area contributed by atoms with Gasteiger partial charge in [0.1, 0.15) is 5.82 Å². The van der Waals surface area contributed by atoms with Gasteiger partial charge in [0.25, 0.3) is 5.91 Å². The van der Waals surface area contributed by atoms with Gasteiger partial charge in [0, 0.05) is 0 Å². The van der Waals surface area contributed by atoms with Gasteiger partial charge in [-0.1, -0.05) is 29.8 Å². The number of ether oxygens (including phenoxy) is 1. The molecule has 0 aliphatic heterocycles. The molecule has 0 radical (unpaired) electrons. The molecule has 1 N–H and O–H groups in total. The highest BCUT2D eigenvalue weighted by molar-refractivity contribution is 6.33. The predicted octanol–water partition coefficient (Wildman–Crippen LogP) is 3.82. The number of hydrogen-bond donors (Lipinski definition) is 1. The monoisotopic (exact) mass is 349 g/mol. The zero-order chi connectivity index (χ0) is 17.7. The smallest absolute Gasteiger partial charge is 0.310 e. The highest BCUT2D eigenvalue weighted by Crippen LogP contribution is 2.22. The van der Waals surface area contributed by atoms with Gasteiger partial charge in [0.15, 0.2) is 6.61 Å². The summed E-state index contributed by atoms with van der Waals surface area (Å²) in [5, 5.41) is 2.53. The SMILES string of the molecule is Cc1ccc(CC(=O)OCC(=O)Nc2ccc(F)cc2Cl)cc1C. The van der Waals surface area contributed by atoms with E-state index >= 15 is 0 Å². The fourth-order valence-corrected chi connectivity index (χ4v) is 2.27. The van der Waals surface area contributed by atoms with Gasteiger partial charge in [-0.3, -0.25) is 9.59 Å². The molecule has 0 saturated carbocycles. The van der Waals surface area contributed by atoms with Crippen LogP contribution in [0.2, 0.25) is 5.02 Å². The Kier molecular flexibility index (Phi) is 5.93. The molecule has 2 rings (SSSR count). The van der Waals surface area contributed by atoms with Crippen molar-refractivity contribution in [1.29, 1.82) is 0 Å². The minimum Gasteiger partial charge on any atom is -0.455 e. The molecule has 0 aliphatic carbocycles. The number of aryl methyl sites for hydroxylation is 2. The first-order valence-electron chi connectivity index (χ1n) is 7.32. The highest BCUT2D eigenvalue weighted by Gasteiger charge is 2.11. The molecule has 0 aromatic heterocycles. The average Bonchev–Trinajstić information content (AvgIpc) is 2.52. The van der Waals surface area contributed by atoms with Crippen LogP contribution in [0, 0.1) is 19.7 Å². The van der Waals surface area contributed by atoms with E-state index in [1.165, 1.54) is 12.1 Å². The molecular weight excluding hydrogens is 333 g/mol. The van der Waals surface area contributed by atoms with Crippen molar-refractivity contribution in [2.24, 2.45) is 0 Å².